The van der Waals surface area contributed by atoms with Gasteiger partial charge in [0.1, 0.15) is 0 Å². The van der Waals surface area contributed by atoms with Gasteiger partial charge in [-0.05, 0) is 31.2 Å². The molecule has 2 aromatic heterocycles. The van der Waals surface area contributed by atoms with Gasteiger partial charge in [0, 0.05) is 4.88 Å². The maximum absolute atomic E-state index is 12.2. The second-order valence-corrected chi connectivity index (χ2v) is 6.47. The topological polar surface area (TPSA) is 59.8 Å². The van der Waals surface area contributed by atoms with Crippen molar-refractivity contribution in [1.29, 1.82) is 0 Å². The van der Waals surface area contributed by atoms with Crippen LogP contribution in [0.1, 0.15) is 28.3 Å². The summed E-state index contributed by atoms with van der Waals surface area (Å²) in [5.41, 5.74) is 1.13. The molecule has 3 rings (SSSR count). The van der Waals surface area contributed by atoms with Crippen molar-refractivity contribution in [2.24, 2.45) is 0 Å². The zero-order chi connectivity index (χ0) is 15.5. The lowest BCUT2D eigenvalue weighted by atomic mass is 10.2. The van der Waals surface area contributed by atoms with Crippen LogP contribution in [0.5, 0.6) is 0 Å². The molecule has 3 aromatic rings. The van der Waals surface area contributed by atoms with Gasteiger partial charge in [-0.2, -0.15) is 0 Å². The summed E-state index contributed by atoms with van der Waals surface area (Å²) < 4.78 is 2.27. The van der Waals surface area contributed by atoms with Crippen molar-refractivity contribution in [3.63, 3.8) is 0 Å². The average Bonchev–Trinajstić information content (AvgIpc) is 3.17. The number of rotatable bonds is 4. The summed E-state index contributed by atoms with van der Waals surface area (Å²) in [6.45, 7) is 1.90. The molecule has 0 radical (unpaired) electrons. The molecule has 1 amide bonds. The molecule has 22 heavy (non-hydrogen) atoms. The predicted molar refractivity (Wildman–Crippen MR) is 86.6 cm³/mol. The van der Waals surface area contributed by atoms with Crippen LogP contribution in [0.3, 0.4) is 0 Å². The second kappa shape index (κ2) is 6.29. The fraction of sp³-hybridized carbons (Fsp3) is 0.133. The normalized spacial score (nSPS) is 12.1. The minimum Gasteiger partial charge on any atom is -0.343 e. The summed E-state index contributed by atoms with van der Waals surface area (Å²) >= 11 is 7.35. The number of aromatic nitrogens is 3. The molecule has 5 nitrogen and oxygen atoms in total. The van der Waals surface area contributed by atoms with Crippen molar-refractivity contribution in [3.05, 3.63) is 63.6 Å². The highest BCUT2D eigenvalue weighted by atomic mass is 35.5. The Balaban J connectivity index is 1.72. The third-order valence-electron chi connectivity index (χ3n) is 3.12. The number of benzene rings is 1. The van der Waals surface area contributed by atoms with Crippen molar-refractivity contribution in [2.75, 3.05) is 0 Å². The van der Waals surface area contributed by atoms with E-state index in [4.69, 9.17) is 11.6 Å². The average molecular weight is 333 g/mol. The molecule has 112 valence electrons. The fourth-order valence-electron chi connectivity index (χ4n) is 1.98. The minimum atomic E-state index is -0.265. The number of hydrogen-bond donors (Lipinski definition) is 1. The first-order chi connectivity index (χ1) is 10.6. The van der Waals surface area contributed by atoms with E-state index in [-0.39, 0.29) is 17.6 Å². The third-order valence-corrected chi connectivity index (χ3v) is 4.53. The van der Waals surface area contributed by atoms with E-state index in [9.17, 15) is 4.79 Å². The molecule has 0 bridgehead atoms. The quantitative estimate of drug-likeness (QED) is 0.795. The van der Waals surface area contributed by atoms with Crippen LogP contribution < -0.4 is 5.32 Å². The number of halogens is 1. The third kappa shape index (κ3) is 3.18. The lowest BCUT2D eigenvalue weighted by Crippen LogP contribution is -2.26. The van der Waals surface area contributed by atoms with Crippen LogP contribution >= 0.6 is 22.9 Å². The summed E-state index contributed by atoms with van der Waals surface area (Å²) in [7, 11) is 0. The molecule has 0 aliphatic carbocycles. The zero-order valence-corrected chi connectivity index (χ0v) is 13.3. The number of thiophene rings is 1. The highest BCUT2D eigenvalue weighted by molar-refractivity contribution is 7.16. The summed E-state index contributed by atoms with van der Waals surface area (Å²) in [4.78, 5) is 13.2. The number of nitrogens with one attached hydrogen (secondary N) is 1. The molecule has 0 spiro atoms. The molecular formula is C15H13ClN4OS. The Morgan fingerprint density at radius 2 is 2.05 bits per heavy atom. The van der Waals surface area contributed by atoms with Crippen LogP contribution in [-0.2, 0) is 0 Å². The number of carbonyl (C=O) groups excluding carboxylic acids is 1. The van der Waals surface area contributed by atoms with Crippen molar-refractivity contribution in [1.82, 2.24) is 20.3 Å². The molecular weight excluding hydrogens is 320 g/mol. The smallest absolute Gasteiger partial charge is 0.273 e. The van der Waals surface area contributed by atoms with Crippen LogP contribution in [-0.4, -0.2) is 20.9 Å². The van der Waals surface area contributed by atoms with Gasteiger partial charge in [-0.1, -0.05) is 35.0 Å². The maximum atomic E-state index is 12.2. The highest BCUT2D eigenvalue weighted by Crippen LogP contribution is 2.26. The van der Waals surface area contributed by atoms with E-state index < -0.39 is 0 Å². The zero-order valence-electron chi connectivity index (χ0n) is 11.7. The molecule has 0 aliphatic rings. The molecule has 0 saturated carbocycles. The van der Waals surface area contributed by atoms with Gasteiger partial charge < -0.3 is 5.32 Å². The monoisotopic (exact) mass is 332 g/mol. The number of amides is 1. The van der Waals surface area contributed by atoms with Gasteiger partial charge >= 0.3 is 0 Å². The van der Waals surface area contributed by atoms with Crippen LogP contribution in [0.2, 0.25) is 4.34 Å². The van der Waals surface area contributed by atoms with Gasteiger partial charge in [-0.25, -0.2) is 4.68 Å². The van der Waals surface area contributed by atoms with Crippen molar-refractivity contribution < 1.29 is 4.79 Å². The van der Waals surface area contributed by atoms with Gasteiger partial charge in [-0.15, -0.1) is 16.4 Å². The number of para-hydroxylation sites is 1. The Morgan fingerprint density at radius 1 is 1.27 bits per heavy atom. The fourth-order valence-corrected chi connectivity index (χ4v) is 3.04. The molecule has 0 saturated heterocycles. The number of nitrogens with zero attached hydrogens (tertiary/aromatic N) is 3. The summed E-state index contributed by atoms with van der Waals surface area (Å²) in [6.07, 6.45) is 1.61. The van der Waals surface area contributed by atoms with Gasteiger partial charge in [0.05, 0.1) is 22.3 Å². The summed E-state index contributed by atoms with van der Waals surface area (Å²) in [6, 6.07) is 13.1. The Morgan fingerprint density at radius 3 is 2.73 bits per heavy atom. The van der Waals surface area contributed by atoms with E-state index in [1.54, 1.807) is 10.9 Å². The van der Waals surface area contributed by atoms with E-state index in [1.807, 2.05) is 49.4 Å². The van der Waals surface area contributed by atoms with Crippen LogP contribution in [0.25, 0.3) is 5.69 Å². The maximum Gasteiger partial charge on any atom is 0.273 e. The molecule has 1 aromatic carbocycles. The van der Waals surface area contributed by atoms with Crippen molar-refractivity contribution >= 4 is 28.8 Å². The second-order valence-electron chi connectivity index (χ2n) is 4.72. The Labute approximate surface area is 136 Å². The first kappa shape index (κ1) is 14.7. The summed E-state index contributed by atoms with van der Waals surface area (Å²) in [5, 5.41) is 10.8. The van der Waals surface area contributed by atoms with Crippen LogP contribution in [0.15, 0.2) is 48.7 Å². The Bertz CT molecular complexity index is 784. The summed E-state index contributed by atoms with van der Waals surface area (Å²) in [5.74, 6) is -0.265. The number of carbonyl (C=O) groups is 1. The van der Waals surface area contributed by atoms with Gasteiger partial charge in [0.15, 0.2) is 5.69 Å². The first-order valence-corrected chi connectivity index (χ1v) is 7.87. The molecule has 1 atom stereocenters. The minimum absolute atomic E-state index is 0.133. The molecule has 0 unspecified atom stereocenters. The van der Waals surface area contributed by atoms with Gasteiger partial charge in [-0.3, -0.25) is 4.79 Å². The van der Waals surface area contributed by atoms with Gasteiger partial charge in [0.25, 0.3) is 5.91 Å². The Kier molecular flexibility index (Phi) is 4.22. The lowest BCUT2D eigenvalue weighted by molar-refractivity contribution is 0.0935. The van der Waals surface area contributed by atoms with Gasteiger partial charge in [0.2, 0.25) is 0 Å². The molecule has 7 heteroatoms. The largest absolute Gasteiger partial charge is 0.343 e. The van der Waals surface area contributed by atoms with Crippen LogP contribution in [0.4, 0.5) is 0 Å². The van der Waals surface area contributed by atoms with Crippen LogP contribution in [0, 0.1) is 0 Å². The van der Waals surface area contributed by atoms with Crippen molar-refractivity contribution in [3.8, 4) is 5.69 Å². The van der Waals surface area contributed by atoms with E-state index in [1.165, 1.54) is 11.3 Å². The molecule has 0 aliphatic heterocycles. The van der Waals surface area contributed by atoms with E-state index in [2.05, 4.69) is 15.6 Å². The molecule has 2 heterocycles. The first-order valence-electron chi connectivity index (χ1n) is 6.67. The highest BCUT2D eigenvalue weighted by Gasteiger charge is 2.16. The molecule has 1 N–H and O–H groups in total. The number of hydrogen-bond acceptors (Lipinski definition) is 4. The molecule has 0 fully saturated rings. The predicted octanol–water partition coefficient (Wildman–Crippen LogP) is 3.47. The van der Waals surface area contributed by atoms with E-state index in [0.717, 1.165) is 10.6 Å². The van der Waals surface area contributed by atoms with E-state index in [0.29, 0.717) is 4.34 Å². The van der Waals surface area contributed by atoms with Crippen molar-refractivity contribution in [2.45, 2.75) is 13.0 Å². The lowest BCUT2D eigenvalue weighted by Gasteiger charge is -2.10. The SMILES string of the molecule is C[C@@H](NC(=O)c1cn(-c2ccccc2)nn1)c1ccc(Cl)s1. The van der Waals surface area contributed by atoms with E-state index >= 15 is 0 Å². The standard InChI is InChI=1S/C15H13ClN4OS/c1-10(13-7-8-14(16)22-13)17-15(21)12-9-20(19-18-12)11-5-3-2-4-6-11/h2-10H,1H3,(H,17,21)/t10-/m1/s1. The Hall–Kier alpha value is -2.18.